The predicted octanol–water partition coefficient (Wildman–Crippen LogP) is 3.03. The first-order chi connectivity index (χ1) is 12.3. The van der Waals surface area contributed by atoms with Gasteiger partial charge in [-0.3, -0.25) is 9.89 Å². The van der Waals surface area contributed by atoms with Crippen LogP contribution in [0, 0.1) is 0 Å². The van der Waals surface area contributed by atoms with Crippen LogP contribution in [0.3, 0.4) is 0 Å². The van der Waals surface area contributed by atoms with Crippen LogP contribution in [0.5, 0.6) is 5.88 Å². The Balaban J connectivity index is 0.00000338. The molecule has 1 aliphatic heterocycles. The number of nitrogens with zero attached hydrogens (tertiary/aromatic N) is 3. The predicted molar refractivity (Wildman–Crippen MR) is 119 cm³/mol. The molecule has 6 nitrogen and oxygen atoms in total. The van der Waals surface area contributed by atoms with Crippen LogP contribution in [0.2, 0.25) is 0 Å². The summed E-state index contributed by atoms with van der Waals surface area (Å²) in [4.78, 5) is 11.2. The smallest absolute Gasteiger partial charge is 0.218 e. The van der Waals surface area contributed by atoms with Crippen molar-refractivity contribution in [2.45, 2.75) is 52.1 Å². The van der Waals surface area contributed by atoms with Gasteiger partial charge in [-0.15, -0.1) is 24.0 Å². The highest BCUT2D eigenvalue weighted by molar-refractivity contribution is 14.0. The minimum absolute atomic E-state index is 0. The van der Waals surface area contributed by atoms with Gasteiger partial charge in [-0.25, -0.2) is 4.98 Å². The molecule has 1 saturated heterocycles. The number of guanidine groups is 1. The van der Waals surface area contributed by atoms with Gasteiger partial charge in [-0.2, -0.15) is 0 Å². The maximum Gasteiger partial charge on any atom is 0.218 e. The van der Waals surface area contributed by atoms with Gasteiger partial charge < -0.3 is 15.4 Å². The number of likely N-dealkylation sites (tertiary alicyclic amines) is 1. The Kier molecular flexibility index (Phi) is 11.6. The fourth-order valence-corrected chi connectivity index (χ4v) is 3.16. The van der Waals surface area contributed by atoms with Crippen LogP contribution in [0.4, 0.5) is 0 Å². The van der Waals surface area contributed by atoms with Crippen molar-refractivity contribution in [1.82, 2.24) is 20.5 Å². The van der Waals surface area contributed by atoms with Gasteiger partial charge in [0.15, 0.2) is 5.96 Å². The summed E-state index contributed by atoms with van der Waals surface area (Å²) in [6, 6.07) is 4.59. The number of halogens is 1. The first-order valence-electron chi connectivity index (χ1n) is 9.53. The highest BCUT2D eigenvalue weighted by Gasteiger charge is 2.22. The highest BCUT2D eigenvalue weighted by Crippen LogP contribution is 2.16. The second kappa shape index (κ2) is 13.1. The number of hydrogen-bond donors (Lipinski definition) is 2. The first-order valence-corrected chi connectivity index (χ1v) is 9.53. The molecule has 1 aromatic rings. The van der Waals surface area contributed by atoms with Crippen molar-refractivity contribution in [1.29, 1.82) is 0 Å². The van der Waals surface area contributed by atoms with E-state index in [1.54, 1.807) is 6.20 Å². The zero-order valence-electron chi connectivity index (χ0n) is 16.3. The molecule has 7 heteroatoms. The Hall–Kier alpha value is -1.09. The summed E-state index contributed by atoms with van der Waals surface area (Å²) in [7, 11) is 1.81. The van der Waals surface area contributed by atoms with Crippen LogP contribution in [-0.2, 0) is 6.54 Å². The van der Waals surface area contributed by atoms with E-state index in [2.05, 4.69) is 39.4 Å². The molecule has 2 heterocycles. The zero-order chi connectivity index (χ0) is 17.9. The lowest BCUT2D eigenvalue weighted by atomic mass is 10.2. The molecule has 0 amide bonds. The van der Waals surface area contributed by atoms with E-state index >= 15 is 0 Å². The molecular weight excluding hydrogens is 441 g/mol. The van der Waals surface area contributed by atoms with Gasteiger partial charge in [-0.05, 0) is 38.4 Å². The summed E-state index contributed by atoms with van der Waals surface area (Å²) in [5.74, 6) is 1.54. The molecular formula is C19H34IN5O. The Bertz CT molecular complexity index is 540. The molecule has 1 fully saturated rings. The average Bonchev–Trinajstić information content (AvgIpc) is 3.10. The maximum absolute atomic E-state index is 5.80. The van der Waals surface area contributed by atoms with E-state index in [9.17, 15) is 0 Å². The molecule has 2 rings (SSSR count). The van der Waals surface area contributed by atoms with Crippen LogP contribution in [0.1, 0.15) is 45.1 Å². The van der Waals surface area contributed by atoms with E-state index in [1.165, 1.54) is 19.4 Å². The van der Waals surface area contributed by atoms with Crippen molar-refractivity contribution in [2.75, 3.05) is 33.3 Å². The number of aromatic nitrogens is 1. The van der Waals surface area contributed by atoms with Gasteiger partial charge in [0.1, 0.15) is 0 Å². The van der Waals surface area contributed by atoms with Crippen molar-refractivity contribution in [2.24, 2.45) is 4.99 Å². The van der Waals surface area contributed by atoms with Gasteiger partial charge in [0.25, 0.3) is 0 Å². The minimum Gasteiger partial charge on any atom is -0.477 e. The lowest BCUT2D eigenvalue weighted by Gasteiger charge is -2.24. The second-order valence-corrected chi connectivity index (χ2v) is 6.40. The van der Waals surface area contributed by atoms with Gasteiger partial charge in [0.05, 0.1) is 6.61 Å². The zero-order valence-corrected chi connectivity index (χ0v) is 18.7. The first kappa shape index (κ1) is 23.0. The summed E-state index contributed by atoms with van der Waals surface area (Å²) < 4.78 is 5.80. The number of aliphatic imine (C=N–C) groups is 1. The minimum atomic E-state index is 0. The SMILES string of the molecule is CCCCOc1ncccc1CNC(=NC)NCC1CCCN1CC.I. The van der Waals surface area contributed by atoms with E-state index in [1.807, 2.05) is 19.2 Å². The Morgan fingerprint density at radius 3 is 2.96 bits per heavy atom. The molecule has 1 aliphatic rings. The van der Waals surface area contributed by atoms with E-state index in [-0.39, 0.29) is 24.0 Å². The van der Waals surface area contributed by atoms with Gasteiger partial charge in [-0.1, -0.05) is 26.3 Å². The highest BCUT2D eigenvalue weighted by atomic mass is 127. The summed E-state index contributed by atoms with van der Waals surface area (Å²) in [5.41, 5.74) is 1.05. The fourth-order valence-electron chi connectivity index (χ4n) is 3.16. The monoisotopic (exact) mass is 475 g/mol. The van der Waals surface area contributed by atoms with Crippen LogP contribution in [0.25, 0.3) is 0 Å². The summed E-state index contributed by atoms with van der Waals surface area (Å²) in [5, 5.41) is 6.83. The van der Waals surface area contributed by atoms with E-state index in [0.29, 0.717) is 25.1 Å². The van der Waals surface area contributed by atoms with Gasteiger partial charge in [0.2, 0.25) is 5.88 Å². The Labute approximate surface area is 175 Å². The van der Waals surface area contributed by atoms with E-state index in [4.69, 9.17) is 4.74 Å². The Morgan fingerprint density at radius 2 is 2.23 bits per heavy atom. The fraction of sp³-hybridized carbons (Fsp3) is 0.684. The van der Waals surface area contributed by atoms with Crippen LogP contribution in [-0.4, -0.2) is 55.2 Å². The van der Waals surface area contributed by atoms with Crippen molar-refractivity contribution >= 4 is 29.9 Å². The molecule has 2 N–H and O–H groups in total. The topological polar surface area (TPSA) is 61.8 Å². The average molecular weight is 475 g/mol. The van der Waals surface area contributed by atoms with Crippen molar-refractivity contribution in [3.63, 3.8) is 0 Å². The van der Waals surface area contributed by atoms with E-state index < -0.39 is 0 Å². The molecule has 0 saturated carbocycles. The number of pyridine rings is 1. The summed E-state index contributed by atoms with van der Waals surface area (Å²) >= 11 is 0. The number of nitrogens with one attached hydrogen (secondary N) is 2. The van der Waals surface area contributed by atoms with Crippen LogP contribution < -0.4 is 15.4 Å². The van der Waals surface area contributed by atoms with Crippen LogP contribution >= 0.6 is 24.0 Å². The normalized spacial score (nSPS) is 17.7. The number of unbranched alkanes of at least 4 members (excludes halogenated alkanes) is 1. The summed E-state index contributed by atoms with van der Waals surface area (Å²) in [6.07, 6.45) is 6.49. The van der Waals surface area contributed by atoms with Crippen molar-refractivity contribution < 1.29 is 4.74 Å². The standard InChI is InChI=1S/C19H33N5O.HI/c1-4-6-13-25-18-16(9-7-11-21-18)14-22-19(20-3)23-15-17-10-8-12-24(17)5-2;/h7,9,11,17H,4-6,8,10,12-15H2,1-3H3,(H2,20,22,23);1H. The largest absolute Gasteiger partial charge is 0.477 e. The third kappa shape index (κ3) is 7.26. The number of rotatable bonds is 9. The molecule has 26 heavy (non-hydrogen) atoms. The molecule has 1 aromatic heterocycles. The molecule has 0 aliphatic carbocycles. The Morgan fingerprint density at radius 1 is 1.38 bits per heavy atom. The lowest BCUT2D eigenvalue weighted by Crippen LogP contribution is -2.44. The molecule has 1 atom stereocenters. The third-order valence-corrected chi connectivity index (χ3v) is 4.67. The van der Waals surface area contributed by atoms with Gasteiger partial charge >= 0.3 is 0 Å². The molecule has 0 bridgehead atoms. The number of likely N-dealkylation sites (N-methyl/N-ethyl adjacent to an activating group) is 1. The lowest BCUT2D eigenvalue weighted by molar-refractivity contribution is 0.267. The third-order valence-electron chi connectivity index (χ3n) is 4.67. The number of ether oxygens (including phenoxy) is 1. The van der Waals surface area contributed by atoms with Crippen molar-refractivity contribution in [3.8, 4) is 5.88 Å². The van der Waals surface area contributed by atoms with E-state index in [0.717, 1.165) is 37.5 Å². The van der Waals surface area contributed by atoms with Crippen LogP contribution in [0.15, 0.2) is 23.3 Å². The second-order valence-electron chi connectivity index (χ2n) is 6.40. The molecule has 0 aromatic carbocycles. The quantitative estimate of drug-likeness (QED) is 0.249. The van der Waals surface area contributed by atoms with Crippen molar-refractivity contribution in [3.05, 3.63) is 23.9 Å². The number of hydrogen-bond acceptors (Lipinski definition) is 4. The molecule has 1 unspecified atom stereocenters. The molecule has 0 radical (unpaired) electrons. The molecule has 0 spiro atoms. The summed E-state index contributed by atoms with van der Waals surface area (Å²) in [6.45, 7) is 9.01. The van der Waals surface area contributed by atoms with Gasteiger partial charge in [0, 0.05) is 37.9 Å². The maximum atomic E-state index is 5.80. The molecule has 148 valence electrons.